The number of likely N-dealkylation sites (tertiary alicyclic amines) is 1. The first-order chi connectivity index (χ1) is 11.1. The number of nitrogens with one attached hydrogen (secondary N) is 1. The first-order valence-corrected chi connectivity index (χ1v) is 8.01. The zero-order valence-electron chi connectivity index (χ0n) is 12.3. The van der Waals surface area contributed by atoms with E-state index in [1.165, 1.54) is 0 Å². The van der Waals surface area contributed by atoms with Gasteiger partial charge < -0.3 is 4.90 Å². The van der Waals surface area contributed by atoms with Crippen LogP contribution in [0.15, 0.2) is 47.2 Å². The minimum atomic E-state index is -0.376. The maximum Gasteiger partial charge on any atom is 0.232 e. The lowest BCUT2D eigenvalue weighted by Gasteiger charge is -2.16. The van der Waals surface area contributed by atoms with E-state index < -0.39 is 0 Å². The first-order valence-electron chi connectivity index (χ1n) is 7.22. The van der Waals surface area contributed by atoms with Crippen LogP contribution in [0.4, 0.5) is 5.95 Å². The van der Waals surface area contributed by atoms with Gasteiger partial charge in [-0.05, 0) is 21.5 Å². The molecule has 6 nitrogen and oxygen atoms in total. The Kier molecular flexibility index (Phi) is 4.66. The number of halogens is 1. The molecule has 23 heavy (non-hydrogen) atoms. The summed E-state index contributed by atoms with van der Waals surface area (Å²) in [4.78, 5) is 34.1. The van der Waals surface area contributed by atoms with E-state index in [-0.39, 0.29) is 30.1 Å². The summed E-state index contributed by atoms with van der Waals surface area (Å²) < 4.78 is 0.737. The summed E-state index contributed by atoms with van der Waals surface area (Å²) >= 11 is 3.24. The topological polar surface area (TPSA) is 75.2 Å². The smallest absolute Gasteiger partial charge is 0.232 e. The molecule has 1 aliphatic heterocycles. The quantitative estimate of drug-likeness (QED) is 0.890. The molecule has 1 saturated heterocycles. The highest BCUT2D eigenvalue weighted by atomic mass is 79.9. The number of benzene rings is 1. The van der Waals surface area contributed by atoms with Crippen molar-refractivity contribution in [2.24, 2.45) is 5.92 Å². The first kappa shape index (κ1) is 15.6. The summed E-state index contributed by atoms with van der Waals surface area (Å²) in [6, 6.07) is 9.74. The van der Waals surface area contributed by atoms with Gasteiger partial charge in [0, 0.05) is 31.9 Å². The molecule has 0 saturated carbocycles. The SMILES string of the molecule is O=C(Nc1ncc(Br)cn1)C1CC(=O)N(Cc2ccccc2)C1. The van der Waals surface area contributed by atoms with Crippen LogP contribution in [-0.4, -0.2) is 33.2 Å². The van der Waals surface area contributed by atoms with Gasteiger partial charge in [-0.15, -0.1) is 0 Å². The average Bonchev–Trinajstić information content (AvgIpc) is 2.92. The van der Waals surface area contributed by atoms with Crippen LogP contribution >= 0.6 is 15.9 Å². The van der Waals surface area contributed by atoms with Crippen LogP contribution in [0.1, 0.15) is 12.0 Å². The van der Waals surface area contributed by atoms with Crippen LogP contribution in [0.2, 0.25) is 0 Å². The van der Waals surface area contributed by atoms with Gasteiger partial charge in [0.05, 0.1) is 10.4 Å². The van der Waals surface area contributed by atoms with Gasteiger partial charge in [-0.25, -0.2) is 9.97 Å². The number of anilines is 1. The molecule has 0 bridgehead atoms. The molecule has 1 atom stereocenters. The van der Waals surface area contributed by atoms with Crippen LogP contribution in [0.25, 0.3) is 0 Å². The lowest BCUT2D eigenvalue weighted by Crippen LogP contribution is -2.28. The summed E-state index contributed by atoms with van der Waals surface area (Å²) in [5.74, 6) is -0.368. The van der Waals surface area contributed by atoms with Crippen molar-refractivity contribution in [3.05, 3.63) is 52.8 Å². The van der Waals surface area contributed by atoms with E-state index in [4.69, 9.17) is 0 Å². The highest BCUT2D eigenvalue weighted by molar-refractivity contribution is 9.10. The molecule has 1 fully saturated rings. The fourth-order valence-electron chi connectivity index (χ4n) is 2.49. The monoisotopic (exact) mass is 374 g/mol. The molecule has 1 unspecified atom stereocenters. The Hall–Kier alpha value is -2.28. The zero-order valence-corrected chi connectivity index (χ0v) is 13.9. The van der Waals surface area contributed by atoms with Crippen LogP contribution in [-0.2, 0) is 16.1 Å². The van der Waals surface area contributed by atoms with Crippen molar-refractivity contribution in [2.75, 3.05) is 11.9 Å². The van der Waals surface area contributed by atoms with E-state index in [9.17, 15) is 9.59 Å². The molecule has 2 aromatic rings. The van der Waals surface area contributed by atoms with E-state index in [1.54, 1.807) is 17.3 Å². The predicted molar refractivity (Wildman–Crippen MR) is 88.3 cm³/mol. The molecular weight excluding hydrogens is 360 g/mol. The summed E-state index contributed by atoms with van der Waals surface area (Å²) in [5, 5.41) is 2.66. The van der Waals surface area contributed by atoms with Gasteiger partial charge in [0.1, 0.15) is 0 Å². The molecule has 0 spiro atoms. The highest BCUT2D eigenvalue weighted by Crippen LogP contribution is 2.21. The molecule has 1 aromatic heterocycles. The number of hydrogen-bond acceptors (Lipinski definition) is 4. The second-order valence-electron chi connectivity index (χ2n) is 5.38. The standard InChI is InChI=1S/C16H15BrN4O2/c17-13-7-18-16(19-8-13)20-15(23)12-6-14(22)21(10-12)9-11-4-2-1-3-5-11/h1-5,7-8,12H,6,9-10H2,(H,18,19,20,23). The Labute approximate surface area is 142 Å². The highest BCUT2D eigenvalue weighted by Gasteiger charge is 2.34. The molecule has 2 heterocycles. The number of carbonyl (C=O) groups excluding carboxylic acids is 2. The van der Waals surface area contributed by atoms with E-state index in [1.807, 2.05) is 30.3 Å². The summed E-state index contributed by atoms with van der Waals surface area (Å²) in [6.45, 7) is 0.939. The zero-order chi connectivity index (χ0) is 16.2. The van der Waals surface area contributed by atoms with Crippen molar-refractivity contribution in [1.82, 2.24) is 14.9 Å². The van der Waals surface area contributed by atoms with Crippen LogP contribution in [0, 0.1) is 5.92 Å². The number of rotatable bonds is 4. The molecular formula is C16H15BrN4O2. The minimum Gasteiger partial charge on any atom is -0.338 e. The number of amides is 2. The second-order valence-corrected chi connectivity index (χ2v) is 6.29. The Morgan fingerprint density at radius 1 is 1.26 bits per heavy atom. The maximum atomic E-state index is 12.3. The molecule has 2 amide bonds. The molecule has 1 N–H and O–H groups in total. The van der Waals surface area contributed by atoms with Gasteiger partial charge >= 0.3 is 0 Å². The second kappa shape index (κ2) is 6.87. The van der Waals surface area contributed by atoms with Crippen molar-refractivity contribution in [2.45, 2.75) is 13.0 Å². The van der Waals surface area contributed by atoms with Crippen molar-refractivity contribution in [1.29, 1.82) is 0 Å². The van der Waals surface area contributed by atoms with E-state index in [0.717, 1.165) is 10.0 Å². The van der Waals surface area contributed by atoms with E-state index >= 15 is 0 Å². The third-order valence-corrected chi connectivity index (χ3v) is 4.07. The van der Waals surface area contributed by atoms with E-state index in [0.29, 0.717) is 13.1 Å². The summed E-state index contributed by atoms with van der Waals surface area (Å²) in [5.41, 5.74) is 1.05. The van der Waals surface area contributed by atoms with Gasteiger partial charge in [-0.2, -0.15) is 0 Å². The molecule has 0 aliphatic carbocycles. The molecule has 1 aliphatic rings. The number of hydrogen-bond donors (Lipinski definition) is 1. The fraction of sp³-hybridized carbons (Fsp3) is 0.250. The van der Waals surface area contributed by atoms with E-state index in [2.05, 4.69) is 31.2 Å². The third kappa shape index (κ3) is 3.92. The molecule has 7 heteroatoms. The Bertz CT molecular complexity index is 706. The fourth-order valence-corrected chi connectivity index (χ4v) is 2.70. The molecule has 118 valence electrons. The minimum absolute atomic E-state index is 0.00859. The molecule has 1 aromatic carbocycles. The van der Waals surface area contributed by atoms with Crippen molar-refractivity contribution < 1.29 is 9.59 Å². The van der Waals surface area contributed by atoms with Crippen molar-refractivity contribution in [3.8, 4) is 0 Å². The largest absolute Gasteiger partial charge is 0.338 e. The number of aromatic nitrogens is 2. The number of carbonyl (C=O) groups is 2. The maximum absolute atomic E-state index is 12.3. The predicted octanol–water partition coefficient (Wildman–Crippen LogP) is 2.23. The number of nitrogens with zero attached hydrogens (tertiary/aromatic N) is 3. The summed E-state index contributed by atoms with van der Waals surface area (Å²) in [6.07, 6.45) is 3.34. The van der Waals surface area contributed by atoms with Crippen LogP contribution in [0.5, 0.6) is 0 Å². The van der Waals surface area contributed by atoms with Crippen molar-refractivity contribution in [3.63, 3.8) is 0 Å². The molecule has 0 radical (unpaired) electrons. The normalized spacial score (nSPS) is 17.3. The Morgan fingerprint density at radius 2 is 1.96 bits per heavy atom. The van der Waals surface area contributed by atoms with Crippen LogP contribution in [0.3, 0.4) is 0 Å². The third-order valence-electron chi connectivity index (χ3n) is 3.66. The Morgan fingerprint density at radius 3 is 2.65 bits per heavy atom. The van der Waals surface area contributed by atoms with Gasteiger partial charge in [0.15, 0.2) is 0 Å². The Balaban J connectivity index is 1.60. The molecule has 3 rings (SSSR count). The van der Waals surface area contributed by atoms with Gasteiger partial charge in [-0.1, -0.05) is 30.3 Å². The van der Waals surface area contributed by atoms with Gasteiger partial charge in [0.2, 0.25) is 17.8 Å². The van der Waals surface area contributed by atoms with Crippen molar-refractivity contribution >= 4 is 33.7 Å². The van der Waals surface area contributed by atoms with Gasteiger partial charge in [-0.3, -0.25) is 14.9 Å². The van der Waals surface area contributed by atoms with Gasteiger partial charge in [0.25, 0.3) is 0 Å². The average molecular weight is 375 g/mol. The lowest BCUT2D eigenvalue weighted by atomic mass is 10.1. The summed E-state index contributed by atoms with van der Waals surface area (Å²) in [7, 11) is 0. The lowest BCUT2D eigenvalue weighted by molar-refractivity contribution is -0.128. The van der Waals surface area contributed by atoms with Crippen LogP contribution < -0.4 is 5.32 Å².